The summed E-state index contributed by atoms with van der Waals surface area (Å²) < 4.78 is 36.6. The molecule has 1 aliphatic rings. The number of hydrogen-bond donors (Lipinski definition) is 4. The highest BCUT2D eigenvalue weighted by atomic mass is 32.7. The molecule has 0 aliphatic carbocycles. The lowest BCUT2D eigenvalue weighted by Crippen LogP contribution is -2.42. The Morgan fingerprint density at radius 3 is 2.77 bits per heavy atom. The molecule has 4 rings (SSSR count). The summed E-state index contributed by atoms with van der Waals surface area (Å²) in [6.45, 7) is -1.22. The van der Waals surface area contributed by atoms with Crippen molar-refractivity contribution in [1.82, 2.24) is 24.6 Å². The fourth-order valence-electron chi connectivity index (χ4n) is 3.86. The molecule has 5 atom stereocenters. The number of nitrogens with two attached hydrogens (primary N) is 1. The van der Waals surface area contributed by atoms with Crippen LogP contribution in [0.15, 0.2) is 36.7 Å². The number of ether oxygens (including phenoxy) is 3. The van der Waals surface area contributed by atoms with Crippen LogP contribution in [0, 0.1) is 0 Å². The van der Waals surface area contributed by atoms with Gasteiger partial charge in [0.05, 0.1) is 33.3 Å². The first-order valence-corrected chi connectivity index (χ1v) is 15.2. The number of carbonyl (C=O) groups is 1. The van der Waals surface area contributed by atoms with Gasteiger partial charge < -0.3 is 34.7 Å². The van der Waals surface area contributed by atoms with E-state index in [9.17, 15) is 19.6 Å². The minimum absolute atomic E-state index is 0.0829. The second-order valence-corrected chi connectivity index (χ2v) is 13.3. The molecule has 1 aromatic carbocycles. The SMILES string of the molecule is COc1nc(N)nc2c1ncn2[C@H](OCCO[P@@]1(=O)NC(C(=O)O[C@H](C)c2ccccc2)CS1)[C@](C)(O)CO. The maximum atomic E-state index is 13.1. The molecule has 0 radical (unpaired) electrons. The monoisotopic (exact) mass is 582 g/mol. The number of aliphatic hydroxyl groups is 2. The van der Waals surface area contributed by atoms with Crippen molar-refractivity contribution in [2.75, 3.05) is 38.4 Å². The van der Waals surface area contributed by atoms with E-state index in [1.807, 2.05) is 30.3 Å². The van der Waals surface area contributed by atoms with Crippen molar-refractivity contribution in [3.05, 3.63) is 42.2 Å². The summed E-state index contributed by atoms with van der Waals surface area (Å²) in [4.78, 5) is 25.0. The number of esters is 1. The minimum Gasteiger partial charge on any atom is -0.479 e. The standard InChI is InChI=1S/C23H31N6O8PS/c1-14(15-7-5-4-6-8-15)37-20(31)16-11-39-38(33,28-16)36-10-9-35-21(23(2,32)12-30)29-13-25-17-18(29)26-22(24)27-19(17)34-3/h4-8,13-14,16,21,30,32H,9-12H2,1-3H3,(H,28,33)(H2,24,26,27)/t14-,16?,21-,23-,38+/m1/s1. The molecule has 212 valence electrons. The summed E-state index contributed by atoms with van der Waals surface area (Å²) in [6, 6.07) is 8.50. The number of imidazole rings is 1. The van der Waals surface area contributed by atoms with Crippen molar-refractivity contribution in [2.45, 2.75) is 37.8 Å². The number of nitrogens with one attached hydrogen (secondary N) is 1. The number of nitrogen functional groups attached to an aromatic ring is 1. The largest absolute Gasteiger partial charge is 0.479 e. The predicted molar refractivity (Wildman–Crippen MR) is 143 cm³/mol. The lowest BCUT2D eigenvalue weighted by atomic mass is 10.1. The van der Waals surface area contributed by atoms with E-state index < -0.39 is 43.3 Å². The van der Waals surface area contributed by atoms with Gasteiger partial charge in [0.1, 0.15) is 17.7 Å². The quantitative estimate of drug-likeness (QED) is 0.137. The van der Waals surface area contributed by atoms with Crippen molar-refractivity contribution >= 4 is 41.2 Å². The van der Waals surface area contributed by atoms with Gasteiger partial charge in [-0.2, -0.15) is 9.97 Å². The maximum Gasteiger partial charge on any atom is 0.327 e. The van der Waals surface area contributed by atoms with Crippen LogP contribution >= 0.6 is 18.1 Å². The lowest BCUT2D eigenvalue weighted by molar-refractivity contribution is -0.158. The lowest BCUT2D eigenvalue weighted by Gasteiger charge is -2.32. The van der Waals surface area contributed by atoms with Crippen molar-refractivity contribution in [3.8, 4) is 5.88 Å². The molecule has 3 aromatic rings. The molecule has 14 nitrogen and oxygen atoms in total. The molecule has 2 aromatic heterocycles. The molecule has 3 heterocycles. The number of anilines is 1. The number of rotatable bonds is 12. The van der Waals surface area contributed by atoms with Gasteiger partial charge in [-0.25, -0.2) is 10.1 Å². The first kappa shape index (κ1) is 29.2. The van der Waals surface area contributed by atoms with Crippen LogP contribution in [-0.4, -0.2) is 80.0 Å². The van der Waals surface area contributed by atoms with Gasteiger partial charge in [-0.1, -0.05) is 41.7 Å². The topological polar surface area (TPSA) is 193 Å². The van der Waals surface area contributed by atoms with Crippen LogP contribution in [0.1, 0.15) is 31.7 Å². The van der Waals surface area contributed by atoms with Crippen LogP contribution in [0.3, 0.4) is 0 Å². The smallest absolute Gasteiger partial charge is 0.327 e. The van der Waals surface area contributed by atoms with Gasteiger partial charge in [-0.3, -0.25) is 13.9 Å². The van der Waals surface area contributed by atoms with Crippen LogP contribution < -0.4 is 15.6 Å². The highest BCUT2D eigenvalue weighted by molar-refractivity contribution is 8.56. The Morgan fingerprint density at radius 2 is 2.08 bits per heavy atom. The zero-order valence-electron chi connectivity index (χ0n) is 21.6. The van der Waals surface area contributed by atoms with E-state index in [-0.39, 0.29) is 42.0 Å². The van der Waals surface area contributed by atoms with E-state index in [1.165, 1.54) is 24.9 Å². The molecule has 39 heavy (non-hydrogen) atoms. The molecular formula is C23H31N6O8PS. The molecule has 1 unspecified atom stereocenters. The Labute approximate surface area is 228 Å². The van der Waals surface area contributed by atoms with E-state index in [4.69, 9.17) is 24.5 Å². The molecule has 0 amide bonds. The van der Waals surface area contributed by atoms with Crippen LogP contribution in [0.25, 0.3) is 11.2 Å². The molecule has 0 saturated carbocycles. The Balaban J connectivity index is 1.36. The number of carbonyl (C=O) groups excluding carboxylic acids is 1. The third-order valence-corrected chi connectivity index (χ3v) is 9.97. The van der Waals surface area contributed by atoms with Gasteiger partial charge in [-0.15, -0.1) is 0 Å². The van der Waals surface area contributed by atoms with Crippen LogP contribution in [-0.2, 0) is 23.4 Å². The maximum absolute atomic E-state index is 13.1. The van der Waals surface area contributed by atoms with Gasteiger partial charge in [0.15, 0.2) is 17.4 Å². The number of methoxy groups -OCH3 is 1. The van der Waals surface area contributed by atoms with Crippen molar-refractivity contribution < 1.29 is 38.3 Å². The van der Waals surface area contributed by atoms with Crippen molar-refractivity contribution in [1.29, 1.82) is 0 Å². The normalized spacial score (nSPS) is 22.3. The van der Waals surface area contributed by atoms with E-state index in [2.05, 4.69) is 20.0 Å². The third kappa shape index (κ3) is 6.69. The first-order chi connectivity index (χ1) is 18.6. The van der Waals surface area contributed by atoms with Gasteiger partial charge >= 0.3 is 12.7 Å². The number of fused-ring (bicyclic) bond motifs is 1. The molecular weight excluding hydrogens is 551 g/mol. The minimum atomic E-state index is -3.42. The van der Waals surface area contributed by atoms with Gasteiger partial charge in [0.2, 0.25) is 11.8 Å². The molecule has 16 heteroatoms. The van der Waals surface area contributed by atoms with Crippen LogP contribution in [0.5, 0.6) is 5.88 Å². The summed E-state index contributed by atoms with van der Waals surface area (Å²) in [5.74, 6) is -0.264. The number of benzene rings is 1. The van der Waals surface area contributed by atoms with E-state index in [0.717, 1.165) is 16.9 Å². The second kappa shape index (κ2) is 12.2. The molecule has 0 bridgehead atoms. The average molecular weight is 583 g/mol. The van der Waals surface area contributed by atoms with E-state index in [1.54, 1.807) is 6.92 Å². The molecule has 1 aliphatic heterocycles. The van der Waals surface area contributed by atoms with Gasteiger partial charge in [0.25, 0.3) is 0 Å². The number of hydrogen-bond acceptors (Lipinski definition) is 13. The number of aliphatic hydroxyl groups excluding tert-OH is 1. The van der Waals surface area contributed by atoms with E-state index in [0.29, 0.717) is 0 Å². The Bertz CT molecular complexity index is 1340. The Kier molecular flexibility index (Phi) is 9.11. The summed E-state index contributed by atoms with van der Waals surface area (Å²) in [5, 5.41) is 23.4. The van der Waals surface area contributed by atoms with Crippen LogP contribution in [0.2, 0.25) is 0 Å². The number of aromatic nitrogens is 4. The summed E-state index contributed by atoms with van der Waals surface area (Å²) in [5.41, 5.74) is 5.35. The predicted octanol–water partition coefficient (Wildman–Crippen LogP) is 1.81. The van der Waals surface area contributed by atoms with Crippen LogP contribution in [0.4, 0.5) is 5.95 Å². The number of nitrogens with zero attached hydrogens (tertiary/aromatic N) is 4. The third-order valence-electron chi connectivity index (χ3n) is 5.90. The summed E-state index contributed by atoms with van der Waals surface area (Å²) in [6.07, 6.45) is -0.293. The van der Waals surface area contributed by atoms with Crippen molar-refractivity contribution in [3.63, 3.8) is 0 Å². The zero-order chi connectivity index (χ0) is 28.2. The van der Waals surface area contributed by atoms with Crippen molar-refractivity contribution in [2.24, 2.45) is 0 Å². The summed E-state index contributed by atoms with van der Waals surface area (Å²) in [7, 11) is 1.40. The highest BCUT2D eigenvalue weighted by Gasteiger charge is 2.41. The first-order valence-electron chi connectivity index (χ1n) is 12.0. The highest BCUT2D eigenvalue weighted by Crippen LogP contribution is 2.60. The fourth-order valence-corrected chi connectivity index (χ4v) is 7.75. The zero-order valence-corrected chi connectivity index (χ0v) is 23.3. The molecule has 1 fully saturated rings. The summed E-state index contributed by atoms with van der Waals surface area (Å²) >= 11 is 0.995. The van der Waals surface area contributed by atoms with Gasteiger partial charge in [-0.05, 0) is 19.4 Å². The Morgan fingerprint density at radius 1 is 1.33 bits per heavy atom. The molecule has 0 spiro atoms. The van der Waals surface area contributed by atoms with E-state index >= 15 is 0 Å². The Hall–Kier alpha value is -2.78. The molecule has 1 saturated heterocycles. The van der Waals surface area contributed by atoms with Gasteiger partial charge in [0, 0.05) is 5.75 Å². The molecule has 5 N–H and O–H groups in total. The second-order valence-electron chi connectivity index (χ2n) is 8.95. The average Bonchev–Trinajstić information content (AvgIpc) is 3.52. The fraction of sp³-hybridized carbons (Fsp3) is 0.478.